The predicted octanol–water partition coefficient (Wildman–Crippen LogP) is 2.64. The molecule has 0 heterocycles. The Labute approximate surface area is 125 Å². The second kappa shape index (κ2) is 5.00. The molecule has 3 aliphatic rings. The summed E-state index contributed by atoms with van der Waals surface area (Å²) < 4.78 is 9.87. The lowest BCUT2D eigenvalue weighted by Gasteiger charge is -2.35. The Bertz CT molecular complexity index is 521. The highest BCUT2D eigenvalue weighted by Gasteiger charge is 2.49. The molecule has 0 radical (unpaired) electrons. The molecule has 0 amide bonds. The normalized spacial score (nSPS) is 34.1. The summed E-state index contributed by atoms with van der Waals surface area (Å²) in [6.07, 6.45) is 3.60. The average molecular weight is 290 g/mol. The topological polar surface area (TPSA) is 52.6 Å². The fourth-order valence-electron chi connectivity index (χ4n) is 4.80. The average Bonchev–Trinajstić information content (AvgIpc) is 3.10. The van der Waals surface area contributed by atoms with Gasteiger partial charge in [-0.3, -0.25) is 0 Å². The van der Waals surface area contributed by atoms with E-state index in [1.165, 1.54) is 44.6 Å². The largest absolute Gasteiger partial charge is 0.466 e. The second-order valence-electron chi connectivity index (χ2n) is 6.37. The number of hydrogen-bond donors (Lipinski definition) is 0. The number of carbonyl (C=O) groups is 2. The van der Waals surface area contributed by atoms with E-state index in [0.29, 0.717) is 23.0 Å². The Hall–Kier alpha value is -1.58. The number of rotatable bonds is 2. The Morgan fingerprint density at radius 3 is 1.57 bits per heavy atom. The van der Waals surface area contributed by atoms with Crippen LogP contribution in [0, 0.1) is 23.7 Å². The zero-order valence-corrected chi connectivity index (χ0v) is 13.1. The molecule has 4 heteroatoms. The van der Waals surface area contributed by atoms with Crippen LogP contribution in [-0.4, -0.2) is 26.2 Å². The maximum atomic E-state index is 12.2. The minimum Gasteiger partial charge on any atom is -0.466 e. The summed E-state index contributed by atoms with van der Waals surface area (Å²) in [4.78, 5) is 24.5. The molecule has 1 fully saturated rings. The maximum Gasteiger partial charge on any atom is 0.334 e. The van der Waals surface area contributed by atoms with Gasteiger partial charge in [-0.15, -0.1) is 0 Å². The molecular weight excluding hydrogens is 268 g/mol. The van der Waals surface area contributed by atoms with Gasteiger partial charge >= 0.3 is 11.9 Å². The molecule has 0 spiro atoms. The minimum atomic E-state index is -0.399. The molecule has 0 aliphatic heterocycles. The van der Waals surface area contributed by atoms with E-state index < -0.39 is 11.9 Å². The zero-order valence-electron chi connectivity index (χ0n) is 13.1. The third kappa shape index (κ3) is 1.88. The number of ether oxygens (including phenoxy) is 2. The van der Waals surface area contributed by atoms with E-state index in [4.69, 9.17) is 9.47 Å². The van der Waals surface area contributed by atoms with Gasteiger partial charge in [0.1, 0.15) is 0 Å². The highest BCUT2D eigenvalue weighted by Crippen LogP contribution is 2.58. The number of carbonyl (C=O) groups excluding carboxylic acids is 2. The van der Waals surface area contributed by atoms with Crippen molar-refractivity contribution in [1.82, 2.24) is 0 Å². The van der Waals surface area contributed by atoms with Crippen molar-refractivity contribution >= 4 is 11.9 Å². The molecule has 0 aromatic carbocycles. The molecule has 0 aromatic heterocycles. The van der Waals surface area contributed by atoms with Gasteiger partial charge in [0.2, 0.25) is 0 Å². The van der Waals surface area contributed by atoms with Crippen LogP contribution in [0.1, 0.15) is 33.1 Å². The SMILES string of the molecule is COC(=O)C1=C(C(=O)OC)[C@H](C)C2=C([C@H]3CC[C@H]2C3)[C@@H]1C. The van der Waals surface area contributed by atoms with Gasteiger partial charge in [0.25, 0.3) is 0 Å². The predicted molar refractivity (Wildman–Crippen MR) is 77.2 cm³/mol. The third-order valence-electron chi connectivity index (χ3n) is 5.55. The van der Waals surface area contributed by atoms with Crippen molar-refractivity contribution in [3.05, 3.63) is 22.3 Å². The van der Waals surface area contributed by atoms with Gasteiger partial charge in [-0.1, -0.05) is 25.0 Å². The molecule has 3 aliphatic carbocycles. The highest BCUT2D eigenvalue weighted by molar-refractivity contribution is 6.02. The van der Waals surface area contributed by atoms with Gasteiger partial charge in [0.05, 0.1) is 25.4 Å². The monoisotopic (exact) mass is 290 g/mol. The van der Waals surface area contributed by atoms with Gasteiger partial charge in [0.15, 0.2) is 0 Å². The van der Waals surface area contributed by atoms with Crippen molar-refractivity contribution in [3.8, 4) is 0 Å². The summed E-state index contributed by atoms with van der Waals surface area (Å²) in [6, 6.07) is 0. The number of hydrogen-bond acceptors (Lipinski definition) is 4. The Morgan fingerprint density at radius 1 is 0.857 bits per heavy atom. The molecule has 0 saturated heterocycles. The van der Waals surface area contributed by atoms with Crippen molar-refractivity contribution in [2.24, 2.45) is 23.7 Å². The van der Waals surface area contributed by atoms with Gasteiger partial charge in [-0.05, 0) is 31.1 Å². The molecule has 0 unspecified atom stereocenters. The van der Waals surface area contributed by atoms with Gasteiger partial charge in [-0.25, -0.2) is 9.59 Å². The van der Waals surface area contributed by atoms with E-state index in [1.807, 2.05) is 13.8 Å². The van der Waals surface area contributed by atoms with Gasteiger partial charge < -0.3 is 9.47 Å². The third-order valence-corrected chi connectivity index (χ3v) is 5.55. The number of fused-ring (bicyclic) bond motifs is 4. The van der Waals surface area contributed by atoms with Crippen LogP contribution in [-0.2, 0) is 19.1 Å². The fourth-order valence-corrected chi connectivity index (χ4v) is 4.80. The number of methoxy groups -OCH3 is 2. The molecule has 114 valence electrons. The standard InChI is InChI=1S/C17H22O4/c1-8-12-10-5-6-11(7-10)13(12)9(2)15(17(19)21-4)14(8)16(18)20-3/h8-11H,5-7H2,1-4H3/t8-,9+,10-,11-/m0/s1. The zero-order chi connectivity index (χ0) is 15.3. The summed E-state index contributed by atoms with van der Waals surface area (Å²) >= 11 is 0. The van der Waals surface area contributed by atoms with E-state index in [2.05, 4.69) is 0 Å². The van der Waals surface area contributed by atoms with Crippen molar-refractivity contribution in [2.45, 2.75) is 33.1 Å². The highest BCUT2D eigenvalue weighted by atomic mass is 16.5. The van der Waals surface area contributed by atoms with Crippen LogP contribution in [0.2, 0.25) is 0 Å². The summed E-state index contributed by atoms with van der Waals surface area (Å²) in [5.41, 5.74) is 3.80. The fraction of sp³-hybridized carbons (Fsp3) is 0.647. The van der Waals surface area contributed by atoms with Crippen LogP contribution in [0.4, 0.5) is 0 Å². The second-order valence-corrected chi connectivity index (χ2v) is 6.37. The molecular formula is C17H22O4. The van der Waals surface area contributed by atoms with Crippen LogP contribution >= 0.6 is 0 Å². The van der Waals surface area contributed by atoms with Crippen LogP contribution in [0.15, 0.2) is 22.3 Å². The first-order chi connectivity index (χ1) is 10.0. The summed E-state index contributed by atoms with van der Waals surface area (Å²) in [5.74, 6) is 0.303. The Kier molecular flexibility index (Phi) is 3.42. The van der Waals surface area contributed by atoms with Crippen molar-refractivity contribution in [1.29, 1.82) is 0 Å². The molecule has 0 N–H and O–H groups in total. The molecule has 3 rings (SSSR count). The van der Waals surface area contributed by atoms with Crippen LogP contribution in [0.5, 0.6) is 0 Å². The van der Waals surface area contributed by atoms with E-state index in [9.17, 15) is 9.59 Å². The Morgan fingerprint density at radius 2 is 1.24 bits per heavy atom. The molecule has 2 bridgehead atoms. The van der Waals surface area contributed by atoms with Crippen molar-refractivity contribution in [2.75, 3.05) is 14.2 Å². The van der Waals surface area contributed by atoms with Crippen LogP contribution < -0.4 is 0 Å². The first-order valence-corrected chi connectivity index (χ1v) is 7.65. The van der Waals surface area contributed by atoms with E-state index in [-0.39, 0.29) is 11.8 Å². The van der Waals surface area contributed by atoms with Crippen molar-refractivity contribution < 1.29 is 19.1 Å². The Balaban J connectivity index is 2.13. The lowest BCUT2D eigenvalue weighted by molar-refractivity contribution is -0.140. The molecule has 1 saturated carbocycles. The smallest absolute Gasteiger partial charge is 0.334 e. The van der Waals surface area contributed by atoms with Gasteiger partial charge in [-0.2, -0.15) is 0 Å². The molecule has 0 aromatic rings. The lowest BCUT2D eigenvalue weighted by Crippen LogP contribution is -2.31. The molecule has 4 atom stereocenters. The molecule has 21 heavy (non-hydrogen) atoms. The van der Waals surface area contributed by atoms with E-state index in [0.717, 1.165) is 0 Å². The first-order valence-electron chi connectivity index (χ1n) is 7.65. The van der Waals surface area contributed by atoms with Crippen LogP contribution in [0.25, 0.3) is 0 Å². The number of allylic oxidation sites excluding steroid dienone is 2. The summed E-state index contributed by atoms with van der Waals surface area (Å²) in [7, 11) is 2.73. The number of esters is 2. The van der Waals surface area contributed by atoms with Gasteiger partial charge in [0, 0.05) is 11.8 Å². The minimum absolute atomic E-state index is 0.0342. The van der Waals surface area contributed by atoms with Crippen LogP contribution in [0.3, 0.4) is 0 Å². The van der Waals surface area contributed by atoms with Crippen molar-refractivity contribution in [3.63, 3.8) is 0 Å². The first kappa shape index (κ1) is 14.4. The van der Waals surface area contributed by atoms with E-state index in [1.54, 1.807) is 0 Å². The lowest BCUT2D eigenvalue weighted by atomic mass is 9.69. The van der Waals surface area contributed by atoms with E-state index >= 15 is 0 Å². The summed E-state index contributed by atoms with van der Waals surface area (Å²) in [5, 5.41) is 0. The summed E-state index contributed by atoms with van der Waals surface area (Å²) in [6.45, 7) is 4.05. The molecule has 4 nitrogen and oxygen atoms in total. The maximum absolute atomic E-state index is 12.2. The quantitative estimate of drug-likeness (QED) is 0.579.